The maximum absolute atomic E-state index is 11.7. The Balaban J connectivity index is 2.71. The van der Waals surface area contributed by atoms with Crippen LogP contribution in [-0.4, -0.2) is 32.1 Å². The first kappa shape index (κ1) is 14.0. The number of hydrogen-bond donors (Lipinski definition) is 2. The van der Waals surface area contributed by atoms with E-state index in [4.69, 9.17) is 0 Å². The summed E-state index contributed by atoms with van der Waals surface area (Å²) in [7, 11) is 1.47. The lowest BCUT2D eigenvalue weighted by Gasteiger charge is -2.24. The monoisotopic (exact) mass is 249 g/mol. The van der Waals surface area contributed by atoms with Crippen LogP contribution >= 0.6 is 0 Å². The van der Waals surface area contributed by atoms with Gasteiger partial charge in [-0.15, -0.1) is 0 Å². The summed E-state index contributed by atoms with van der Waals surface area (Å²) < 4.78 is 0. The van der Waals surface area contributed by atoms with Gasteiger partial charge in [-0.3, -0.25) is 10.1 Å². The van der Waals surface area contributed by atoms with E-state index in [0.29, 0.717) is 6.54 Å². The van der Waals surface area contributed by atoms with Crippen LogP contribution in [0.5, 0.6) is 0 Å². The largest absolute Gasteiger partial charge is 0.362 e. The van der Waals surface area contributed by atoms with E-state index in [-0.39, 0.29) is 12.5 Å². The zero-order valence-corrected chi connectivity index (χ0v) is 11.0. The first-order valence-electron chi connectivity index (χ1n) is 5.90. The molecule has 1 aromatic rings. The first-order valence-corrected chi connectivity index (χ1v) is 5.90. The Hall–Kier alpha value is -2.04. The number of urea groups is 1. The molecule has 18 heavy (non-hydrogen) atoms. The quantitative estimate of drug-likeness (QED) is 0.845. The number of hydrogen-bond acceptors (Lipinski definition) is 3. The van der Waals surface area contributed by atoms with Crippen LogP contribution in [0.4, 0.5) is 10.5 Å². The highest BCUT2D eigenvalue weighted by Gasteiger charge is 2.13. The molecule has 0 unspecified atom stereocenters. The van der Waals surface area contributed by atoms with Gasteiger partial charge < -0.3 is 10.2 Å². The molecule has 0 saturated carbocycles. The molecule has 0 aliphatic carbocycles. The van der Waals surface area contributed by atoms with E-state index in [1.165, 1.54) is 7.05 Å². The summed E-state index contributed by atoms with van der Waals surface area (Å²) in [5.41, 5.74) is 2.11. The normalized spacial score (nSPS) is 9.72. The summed E-state index contributed by atoms with van der Waals surface area (Å²) in [6, 6.07) is 7.36. The lowest BCUT2D eigenvalue weighted by molar-refractivity contribution is -0.118. The van der Waals surface area contributed by atoms with Gasteiger partial charge in [0.05, 0.1) is 6.54 Å². The lowest BCUT2D eigenvalue weighted by atomic mass is 10.2. The third kappa shape index (κ3) is 3.76. The van der Waals surface area contributed by atoms with Crippen molar-refractivity contribution in [2.75, 3.05) is 25.0 Å². The number of para-hydroxylation sites is 1. The average Bonchev–Trinajstić information content (AvgIpc) is 2.36. The van der Waals surface area contributed by atoms with Crippen LogP contribution in [0.25, 0.3) is 0 Å². The summed E-state index contributed by atoms with van der Waals surface area (Å²) in [6.07, 6.45) is 0. The van der Waals surface area contributed by atoms with Gasteiger partial charge in [0.15, 0.2) is 0 Å². The van der Waals surface area contributed by atoms with Crippen LogP contribution in [0.3, 0.4) is 0 Å². The van der Waals surface area contributed by atoms with Gasteiger partial charge in [0.1, 0.15) is 0 Å². The number of amides is 3. The smallest absolute Gasteiger partial charge is 0.321 e. The second-order valence-corrected chi connectivity index (χ2v) is 3.93. The van der Waals surface area contributed by atoms with Crippen LogP contribution in [0.2, 0.25) is 0 Å². The zero-order valence-electron chi connectivity index (χ0n) is 11.0. The molecule has 3 amide bonds. The molecule has 0 bridgehead atoms. The zero-order chi connectivity index (χ0) is 13.5. The standard InChI is InChI=1S/C13H19N3O2/c1-4-16(9-12(17)15-13(18)14-3)11-8-6-5-7-10(11)2/h5-8H,4,9H2,1-3H3,(H2,14,15,17,18). The van der Waals surface area contributed by atoms with Crippen molar-refractivity contribution in [1.29, 1.82) is 0 Å². The summed E-state index contributed by atoms with van der Waals surface area (Å²) in [5.74, 6) is -0.320. The summed E-state index contributed by atoms with van der Waals surface area (Å²) in [5, 5.41) is 4.60. The number of rotatable bonds is 4. The Morgan fingerprint density at radius 1 is 1.28 bits per heavy atom. The van der Waals surface area contributed by atoms with Gasteiger partial charge >= 0.3 is 6.03 Å². The first-order chi connectivity index (χ1) is 8.58. The molecule has 0 aliphatic heterocycles. The van der Waals surface area contributed by atoms with E-state index in [9.17, 15) is 9.59 Å². The SMILES string of the molecule is CCN(CC(=O)NC(=O)NC)c1ccccc1C. The molecular formula is C13H19N3O2. The minimum absolute atomic E-state index is 0.161. The third-order valence-electron chi connectivity index (χ3n) is 2.65. The minimum Gasteiger partial charge on any atom is -0.362 e. The van der Waals surface area contributed by atoms with Crippen molar-refractivity contribution < 1.29 is 9.59 Å². The molecule has 1 rings (SSSR count). The predicted molar refractivity (Wildman–Crippen MR) is 71.7 cm³/mol. The number of carbonyl (C=O) groups excluding carboxylic acids is 2. The highest BCUT2D eigenvalue weighted by atomic mass is 16.2. The van der Waals surface area contributed by atoms with E-state index in [1.807, 2.05) is 43.0 Å². The van der Waals surface area contributed by atoms with Gasteiger partial charge in [-0.2, -0.15) is 0 Å². The van der Waals surface area contributed by atoms with Crippen LogP contribution in [0, 0.1) is 6.92 Å². The van der Waals surface area contributed by atoms with Gasteiger partial charge in [-0.05, 0) is 25.5 Å². The molecule has 0 saturated heterocycles. The number of likely N-dealkylation sites (N-methyl/N-ethyl adjacent to an activating group) is 1. The van der Waals surface area contributed by atoms with E-state index < -0.39 is 6.03 Å². The van der Waals surface area contributed by atoms with Crippen molar-refractivity contribution in [3.05, 3.63) is 29.8 Å². The van der Waals surface area contributed by atoms with Gasteiger partial charge in [0, 0.05) is 19.3 Å². The van der Waals surface area contributed by atoms with E-state index in [0.717, 1.165) is 11.3 Å². The summed E-state index contributed by atoms with van der Waals surface area (Å²) in [6.45, 7) is 4.83. The van der Waals surface area contributed by atoms with Crippen molar-refractivity contribution >= 4 is 17.6 Å². The fraction of sp³-hybridized carbons (Fsp3) is 0.385. The number of carbonyl (C=O) groups is 2. The van der Waals surface area contributed by atoms with Crippen molar-refractivity contribution in [1.82, 2.24) is 10.6 Å². The maximum atomic E-state index is 11.7. The highest BCUT2D eigenvalue weighted by molar-refractivity contribution is 5.96. The van der Waals surface area contributed by atoms with Crippen LogP contribution < -0.4 is 15.5 Å². The summed E-state index contributed by atoms with van der Waals surface area (Å²) >= 11 is 0. The molecule has 5 heteroatoms. The van der Waals surface area contributed by atoms with E-state index in [1.54, 1.807) is 0 Å². The Morgan fingerprint density at radius 3 is 2.50 bits per heavy atom. The molecule has 0 heterocycles. The van der Waals surface area contributed by atoms with Crippen molar-refractivity contribution in [3.63, 3.8) is 0 Å². The predicted octanol–water partition coefficient (Wildman–Crippen LogP) is 1.28. The van der Waals surface area contributed by atoms with Crippen molar-refractivity contribution in [3.8, 4) is 0 Å². The van der Waals surface area contributed by atoms with Gasteiger partial charge in [0.2, 0.25) is 5.91 Å². The van der Waals surface area contributed by atoms with Crippen molar-refractivity contribution in [2.24, 2.45) is 0 Å². The molecule has 0 aliphatic rings. The number of aryl methyl sites for hydroxylation is 1. The third-order valence-corrected chi connectivity index (χ3v) is 2.65. The number of nitrogens with zero attached hydrogens (tertiary/aromatic N) is 1. The highest BCUT2D eigenvalue weighted by Crippen LogP contribution is 2.18. The average molecular weight is 249 g/mol. The molecule has 0 aromatic heterocycles. The van der Waals surface area contributed by atoms with Gasteiger partial charge in [0.25, 0.3) is 0 Å². The molecule has 0 spiro atoms. The Kier molecular flexibility index (Phi) is 5.17. The molecule has 2 N–H and O–H groups in total. The van der Waals surface area contributed by atoms with Gasteiger partial charge in [-0.25, -0.2) is 4.79 Å². The van der Waals surface area contributed by atoms with Crippen molar-refractivity contribution in [2.45, 2.75) is 13.8 Å². The molecule has 0 atom stereocenters. The lowest BCUT2D eigenvalue weighted by Crippen LogP contribution is -2.43. The van der Waals surface area contributed by atoms with Crippen LogP contribution in [0.15, 0.2) is 24.3 Å². The van der Waals surface area contributed by atoms with E-state index >= 15 is 0 Å². The number of anilines is 1. The molecule has 1 aromatic carbocycles. The minimum atomic E-state index is -0.485. The fourth-order valence-electron chi connectivity index (χ4n) is 1.69. The number of nitrogens with one attached hydrogen (secondary N) is 2. The maximum Gasteiger partial charge on any atom is 0.321 e. The number of benzene rings is 1. The Bertz CT molecular complexity index is 432. The van der Waals surface area contributed by atoms with Crippen LogP contribution in [0.1, 0.15) is 12.5 Å². The molecule has 98 valence electrons. The fourth-order valence-corrected chi connectivity index (χ4v) is 1.69. The Labute approximate surface area is 107 Å². The molecule has 0 radical (unpaired) electrons. The molecular weight excluding hydrogens is 230 g/mol. The molecule has 0 fully saturated rings. The van der Waals surface area contributed by atoms with Crippen LogP contribution in [-0.2, 0) is 4.79 Å². The summed E-state index contributed by atoms with van der Waals surface area (Å²) in [4.78, 5) is 24.6. The Morgan fingerprint density at radius 2 is 1.94 bits per heavy atom. The molecule has 5 nitrogen and oxygen atoms in total. The number of imide groups is 1. The second-order valence-electron chi connectivity index (χ2n) is 3.93. The van der Waals surface area contributed by atoms with E-state index in [2.05, 4.69) is 10.6 Å². The second kappa shape index (κ2) is 6.64. The topological polar surface area (TPSA) is 61.4 Å². The van der Waals surface area contributed by atoms with Gasteiger partial charge in [-0.1, -0.05) is 18.2 Å².